The number of azo groups is 3. The SMILES string of the molecule is COc1cc(S(=O)(=O)O)c(C)cc1N=Nc1c(C(=O)O)nn(-c2ccc3c(O)c(N=Nc4cc(OCCO)c(N=Nc5ccc([N+](=O)[O-])cc5S(=O)(=O)O)cc4OCCO)c(S(=O)(=O)O)cc3c2)c1O. The molecule has 0 atom stereocenters. The number of methoxy groups -OCH3 is 1. The maximum Gasteiger partial charge on any atom is 0.358 e. The van der Waals surface area contributed by atoms with Crippen molar-refractivity contribution in [1.82, 2.24) is 9.78 Å². The minimum absolute atomic E-state index is 0.00109. The molecular formula is C38H33N9O20S3. The smallest absolute Gasteiger partial charge is 0.358 e. The number of hydrogen-bond donors (Lipinski definition) is 8. The van der Waals surface area contributed by atoms with Crippen LogP contribution in [0.3, 0.4) is 0 Å². The lowest BCUT2D eigenvalue weighted by atomic mass is 10.1. The van der Waals surface area contributed by atoms with E-state index in [1.807, 2.05) is 0 Å². The van der Waals surface area contributed by atoms with Gasteiger partial charge < -0.3 is 39.7 Å². The first-order valence-electron chi connectivity index (χ1n) is 19.0. The molecule has 368 valence electrons. The first-order valence-corrected chi connectivity index (χ1v) is 23.3. The number of hydrogen-bond acceptors (Lipinski definition) is 23. The van der Waals surface area contributed by atoms with Crippen molar-refractivity contribution in [3.8, 4) is 34.6 Å². The van der Waals surface area contributed by atoms with Gasteiger partial charge in [0, 0.05) is 35.7 Å². The average molecular weight is 1030 g/mol. The normalized spacial score (nSPS) is 12.4. The summed E-state index contributed by atoms with van der Waals surface area (Å²) in [5, 5.41) is 89.5. The molecule has 70 heavy (non-hydrogen) atoms. The molecule has 0 fully saturated rings. The van der Waals surface area contributed by atoms with E-state index >= 15 is 0 Å². The van der Waals surface area contributed by atoms with Gasteiger partial charge in [0.05, 0.1) is 30.9 Å². The highest BCUT2D eigenvalue weighted by Gasteiger charge is 2.27. The summed E-state index contributed by atoms with van der Waals surface area (Å²) in [4.78, 5) is 20.0. The standard InChI is InChI=1S/C38H33N9O20S3/c1-18-11-24(27(65-2)17-30(18)68(56,57)58)41-44-34-35(38(52)53)45-46(37(34)51)20-3-5-22-19(12-20)13-32(70(62,63)64)33(36(22)50)43-42-26-16-28(66-9-7-48)25(15-29(26)67-10-8-49)40-39-23-6-4-21(47(54)55)14-31(23)69(59,60)61/h3-6,11-17,48-51H,7-10H2,1-2H3,(H,52,53)(H,56,57,58)(H,59,60,61)(H,62,63,64). The molecule has 0 spiro atoms. The van der Waals surface area contributed by atoms with Crippen LogP contribution in [0.1, 0.15) is 16.1 Å². The molecule has 1 heterocycles. The number of aromatic hydroxyl groups is 2. The molecule has 0 bridgehead atoms. The molecule has 0 aliphatic carbocycles. The van der Waals surface area contributed by atoms with E-state index in [4.69, 9.17) is 14.2 Å². The molecule has 1 aromatic heterocycles. The Bertz CT molecular complexity index is 3550. The quantitative estimate of drug-likeness (QED) is 0.0197. The Labute approximate surface area is 392 Å². The highest BCUT2D eigenvalue weighted by atomic mass is 32.2. The average Bonchev–Trinajstić information content (AvgIpc) is 3.62. The Hall–Kier alpha value is -8.11. The minimum Gasteiger partial charge on any atom is -0.505 e. The van der Waals surface area contributed by atoms with Crippen molar-refractivity contribution in [3.63, 3.8) is 0 Å². The molecule has 29 nitrogen and oxygen atoms in total. The fourth-order valence-corrected chi connectivity index (χ4v) is 8.24. The molecule has 0 amide bonds. The summed E-state index contributed by atoms with van der Waals surface area (Å²) >= 11 is 0. The number of ether oxygens (including phenoxy) is 3. The number of benzene rings is 5. The van der Waals surface area contributed by atoms with Gasteiger partial charge in [0.15, 0.2) is 11.4 Å². The largest absolute Gasteiger partial charge is 0.505 e. The first kappa shape index (κ1) is 51.3. The van der Waals surface area contributed by atoms with Crippen molar-refractivity contribution in [2.24, 2.45) is 30.7 Å². The van der Waals surface area contributed by atoms with Crippen molar-refractivity contribution in [1.29, 1.82) is 0 Å². The topological polar surface area (TPSA) is 444 Å². The fraction of sp³-hybridized carbons (Fsp3) is 0.158. The van der Waals surface area contributed by atoms with Crippen LogP contribution in [0.2, 0.25) is 0 Å². The molecule has 0 unspecified atom stereocenters. The lowest BCUT2D eigenvalue weighted by Crippen LogP contribution is -2.04. The second-order valence-electron chi connectivity index (χ2n) is 13.9. The lowest BCUT2D eigenvalue weighted by Gasteiger charge is -2.13. The molecule has 6 aromatic rings. The lowest BCUT2D eigenvalue weighted by molar-refractivity contribution is -0.385. The van der Waals surface area contributed by atoms with E-state index in [9.17, 15) is 79.4 Å². The number of non-ortho nitro benzene ring substituents is 1. The van der Waals surface area contributed by atoms with E-state index in [-0.39, 0.29) is 56.3 Å². The Morgan fingerprint density at radius 2 is 1.23 bits per heavy atom. The van der Waals surface area contributed by atoms with Crippen LogP contribution in [0.5, 0.6) is 28.9 Å². The molecule has 0 saturated heterocycles. The number of nitro benzene ring substituents is 1. The number of aliphatic hydroxyl groups is 2. The van der Waals surface area contributed by atoms with Gasteiger partial charge in [-0.3, -0.25) is 23.8 Å². The number of carbonyl (C=O) groups is 1. The van der Waals surface area contributed by atoms with Gasteiger partial charge >= 0.3 is 5.97 Å². The van der Waals surface area contributed by atoms with Crippen LogP contribution >= 0.6 is 0 Å². The van der Waals surface area contributed by atoms with Gasteiger partial charge in [-0.25, -0.2) is 4.79 Å². The molecule has 0 aliphatic rings. The number of aromatic nitrogens is 2. The summed E-state index contributed by atoms with van der Waals surface area (Å²) in [5.74, 6) is -4.36. The van der Waals surface area contributed by atoms with Gasteiger partial charge in [-0.1, -0.05) is 0 Å². The van der Waals surface area contributed by atoms with E-state index < -0.39 is 122 Å². The number of rotatable bonds is 19. The molecular weight excluding hydrogens is 999 g/mol. The van der Waals surface area contributed by atoms with E-state index in [0.717, 1.165) is 61.7 Å². The Morgan fingerprint density at radius 3 is 1.76 bits per heavy atom. The number of nitrogens with zero attached hydrogens (tertiary/aromatic N) is 9. The number of phenolic OH excluding ortho intramolecular Hbond substituents is 1. The van der Waals surface area contributed by atoms with Gasteiger partial charge in [0.25, 0.3) is 36.0 Å². The van der Waals surface area contributed by atoms with E-state index in [1.54, 1.807) is 0 Å². The number of phenols is 1. The van der Waals surface area contributed by atoms with Crippen LogP contribution in [0, 0.1) is 17.0 Å². The number of carboxylic acid groups (broad SMARTS) is 1. The van der Waals surface area contributed by atoms with Crippen molar-refractivity contribution in [2.45, 2.75) is 21.6 Å². The van der Waals surface area contributed by atoms with Gasteiger partial charge in [-0.2, -0.15) is 35.0 Å². The summed E-state index contributed by atoms with van der Waals surface area (Å²) in [7, 11) is -13.9. The summed E-state index contributed by atoms with van der Waals surface area (Å²) in [6, 6.07) is 10.7. The number of aliphatic hydroxyl groups excluding tert-OH is 2. The van der Waals surface area contributed by atoms with Crippen molar-refractivity contribution in [2.75, 3.05) is 33.5 Å². The van der Waals surface area contributed by atoms with Crippen LogP contribution in [0.4, 0.5) is 39.8 Å². The Kier molecular flexibility index (Phi) is 14.8. The summed E-state index contributed by atoms with van der Waals surface area (Å²) in [5.41, 5.74) is -4.68. The summed E-state index contributed by atoms with van der Waals surface area (Å²) < 4.78 is 120. The second kappa shape index (κ2) is 20.2. The first-order chi connectivity index (χ1) is 32.9. The van der Waals surface area contributed by atoms with Crippen LogP contribution in [0.15, 0.2) is 112 Å². The molecule has 8 N–H and O–H groups in total. The number of aromatic carboxylic acids is 1. The zero-order valence-corrected chi connectivity index (χ0v) is 37.9. The molecule has 0 radical (unpaired) electrons. The maximum absolute atomic E-state index is 12.8. The predicted octanol–water partition coefficient (Wildman–Crippen LogP) is 6.09. The highest BCUT2D eigenvalue weighted by Crippen LogP contribution is 2.46. The van der Waals surface area contributed by atoms with Crippen LogP contribution in [-0.2, 0) is 30.4 Å². The van der Waals surface area contributed by atoms with Gasteiger partial charge in [0.2, 0.25) is 11.6 Å². The third kappa shape index (κ3) is 11.1. The van der Waals surface area contributed by atoms with Crippen LogP contribution in [0.25, 0.3) is 16.5 Å². The van der Waals surface area contributed by atoms with Crippen molar-refractivity contribution in [3.05, 3.63) is 88.1 Å². The van der Waals surface area contributed by atoms with Gasteiger partial charge in [-0.05, 0) is 54.3 Å². The van der Waals surface area contributed by atoms with Crippen LogP contribution in [-0.4, -0.2) is 119 Å². The van der Waals surface area contributed by atoms with E-state index in [0.29, 0.717) is 10.7 Å². The van der Waals surface area contributed by atoms with Gasteiger partial charge in [0.1, 0.15) is 73.6 Å². The van der Waals surface area contributed by atoms with Crippen LogP contribution < -0.4 is 14.2 Å². The molecule has 32 heteroatoms. The number of fused-ring (bicyclic) bond motifs is 1. The van der Waals surface area contributed by atoms with Gasteiger partial charge in [-0.15, -0.1) is 30.7 Å². The molecule has 0 aliphatic heterocycles. The Morgan fingerprint density at radius 1 is 0.686 bits per heavy atom. The summed E-state index contributed by atoms with van der Waals surface area (Å²) in [6.45, 7) is -0.667. The van der Waals surface area contributed by atoms with Crippen molar-refractivity contribution < 1.29 is 88.4 Å². The zero-order chi connectivity index (χ0) is 51.5. The third-order valence-electron chi connectivity index (χ3n) is 9.30. The molecule has 0 saturated carbocycles. The number of aryl methyl sites for hydroxylation is 1. The Balaban J connectivity index is 1.44. The third-order valence-corrected chi connectivity index (χ3v) is 12.0. The minimum atomic E-state index is -5.30. The number of carboxylic acids is 1. The molecule has 5 aromatic carbocycles. The number of nitro groups is 1. The maximum atomic E-state index is 12.8. The van der Waals surface area contributed by atoms with E-state index in [1.165, 1.54) is 13.0 Å². The zero-order valence-electron chi connectivity index (χ0n) is 35.4. The fourth-order valence-electron chi connectivity index (χ4n) is 6.21. The summed E-state index contributed by atoms with van der Waals surface area (Å²) in [6.07, 6.45) is 0. The second-order valence-corrected chi connectivity index (χ2v) is 18.0. The van der Waals surface area contributed by atoms with E-state index in [2.05, 4.69) is 35.8 Å². The highest BCUT2D eigenvalue weighted by molar-refractivity contribution is 7.86. The molecule has 6 rings (SSSR count). The van der Waals surface area contributed by atoms with Crippen molar-refractivity contribution >= 4 is 86.9 Å². The monoisotopic (exact) mass is 1030 g/mol. The predicted molar refractivity (Wildman–Crippen MR) is 236 cm³/mol.